The highest BCUT2D eigenvalue weighted by Crippen LogP contribution is 2.34. The van der Waals surface area contributed by atoms with Crippen molar-refractivity contribution in [2.45, 2.75) is 36.9 Å². The van der Waals surface area contributed by atoms with Crippen LogP contribution in [0.3, 0.4) is 0 Å². The molecule has 0 radical (unpaired) electrons. The van der Waals surface area contributed by atoms with Crippen molar-refractivity contribution in [1.29, 1.82) is 0 Å². The van der Waals surface area contributed by atoms with Gasteiger partial charge < -0.3 is 15.7 Å². The highest BCUT2D eigenvalue weighted by molar-refractivity contribution is 7.98. The zero-order valence-corrected chi connectivity index (χ0v) is 16.3. The SMILES string of the molecule is C=CCNC(=O)c1cnc(SC)nc1Nc1ccc2c(n1)C(C)(O)CCC2. The van der Waals surface area contributed by atoms with E-state index in [4.69, 9.17) is 0 Å². The van der Waals surface area contributed by atoms with E-state index in [1.165, 1.54) is 18.0 Å². The maximum atomic E-state index is 12.4. The Morgan fingerprint density at radius 3 is 3.00 bits per heavy atom. The topological polar surface area (TPSA) is 100 Å². The predicted molar refractivity (Wildman–Crippen MR) is 106 cm³/mol. The van der Waals surface area contributed by atoms with Crippen LogP contribution in [0.15, 0.2) is 36.1 Å². The molecule has 0 saturated carbocycles. The lowest BCUT2D eigenvalue weighted by Gasteiger charge is -2.30. The summed E-state index contributed by atoms with van der Waals surface area (Å²) in [5, 5.41) is 17.0. The molecule has 2 aromatic heterocycles. The summed E-state index contributed by atoms with van der Waals surface area (Å²) in [6.45, 7) is 5.73. The lowest BCUT2D eigenvalue weighted by molar-refractivity contribution is 0.0341. The molecule has 0 saturated heterocycles. The minimum absolute atomic E-state index is 0.296. The van der Waals surface area contributed by atoms with Crippen LogP contribution < -0.4 is 10.6 Å². The Kier molecular flexibility index (Phi) is 5.76. The van der Waals surface area contributed by atoms with Crippen LogP contribution >= 0.6 is 11.8 Å². The Morgan fingerprint density at radius 2 is 2.26 bits per heavy atom. The molecule has 0 spiro atoms. The first kappa shape index (κ1) is 19.3. The molecule has 8 heteroatoms. The number of hydrogen-bond donors (Lipinski definition) is 3. The number of nitrogens with zero attached hydrogens (tertiary/aromatic N) is 3. The van der Waals surface area contributed by atoms with Crippen LogP contribution in [0.25, 0.3) is 0 Å². The normalized spacial score (nSPS) is 18.5. The van der Waals surface area contributed by atoms with Gasteiger partial charge in [-0.15, -0.1) is 6.58 Å². The largest absolute Gasteiger partial charge is 0.384 e. The monoisotopic (exact) mass is 385 g/mol. The smallest absolute Gasteiger partial charge is 0.256 e. The summed E-state index contributed by atoms with van der Waals surface area (Å²) in [6.07, 6.45) is 7.48. The fourth-order valence-corrected chi connectivity index (χ4v) is 3.41. The number of aliphatic hydroxyl groups is 1. The third-order valence-electron chi connectivity index (χ3n) is 4.45. The number of carbonyl (C=O) groups excluding carboxylic acids is 1. The zero-order chi connectivity index (χ0) is 19.4. The average Bonchev–Trinajstić information content (AvgIpc) is 2.66. The van der Waals surface area contributed by atoms with Crippen molar-refractivity contribution in [2.75, 3.05) is 18.1 Å². The number of aryl methyl sites for hydroxylation is 1. The summed E-state index contributed by atoms with van der Waals surface area (Å²) in [6, 6.07) is 3.80. The quantitative estimate of drug-likeness (QED) is 0.399. The van der Waals surface area contributed by atoms with E-state index < -0.39 is 5.60 Å². The summed E-state index contributed by atoms with van der Waals surface area (Å²) in [5.74, 6) is 0.605. The van der Waals surface area contributed by atoms with Crippen LogP contribution in [-0.2, 0) is 12.0 Å². The number of carbonyl (C=O) groups is 1. The molecule has 1 atom stereocenters. The fourth-order valence-electron chi connectivity index (χ4n) is 3.07. The maximum Gasteiger partial charge on any atom is 0.256 e. The minimum atomic E-state index is -0.953. The third kappa shape index (κ3) is 4.28. The van der Waals surface area contributed by atoms with E-state index in [2.05, 4.69) is 32.2 Å². The van der Waals surface area contributed by atoms with E-state index in [1.54, 1.807) is 13.0 Å². The summed E-state index contributed by atoms with van der Waals surface area (Å²) in [7, 11) is 0. The van der Waals surface area contributed by atoms with E-state index in [0.29, 0.717) is 41.0 Å². The summed E-state index contributed by atoms with van der Waals surface area (Å²) >= 11 is 1.38. The second kappa shape index (κ2) is 8.06. The van der Waals surface area contributed by atoms with E-state index in [1.807, 2.05) is 18.4 Å². The number of hydrogen-bond acceptors (Lipinski definition) is 7. The van der Waals surface area contributed by atoms with Crippen LogP contribution in [0.1, 0.15) is 41.4 Å². The highest BCUT2D eigenvalue weighted by Gasteiger charge is 2.31. The van der Waals surface area contributed by atoms with Gasteiger partial charge in [0.05, 0.1) is 5.69 Å². The van der Waals surface area contributed by atoms with Crippen molar-refractivity contribution in [3.8, 4) is 0 Å². The first-order valence-corrected chi connectivity index (χ1v) is 9.97. The van der Waals surface area contributed by atoms with E-state index >= 15 is 0 Å². The number of amides is 1. The minimum Gasteiger partial charge on any atom is -0.384 e. The maximum absolute atomic E-state index is 12.4. The molecule has 2 heterocycles. The Bertz CT molecular complexity index is 869. The number of rotatable bonds is 6. The molecule has 0 bridgehead atoms. The van der Waals surface area contributed by atoms with Crippen molar-refractivity contribution in [3.63, 3.8) is 0 Å². The standard InChI is InChI=1S/C19H23N5O2S/c1-4-10-20-17(25)13-11-21-18(27-3)24-16(13)23-14-8-7-12-6-5-9-19(2,26)15(12)22-14/h4,7-8,11,26H,1,5-6,9-10H2,2-3H3,(H,20,25)(H,21,22,23,24). The van der Waals surface area contributed by atoms with Gasteiger partial charge in [0.15, 0.2) is 5.16 Å². The number of anilines is 2. The van der Waals surface area contributed by atoms with Gasteiger partial charge in [0.1, 0.15) is 22.8 Å². The summed E-state index contributed by atoms with van der Waals surface area (Å²) in [5.41, 5.74) is 1.09. The van der Waals surface area contributed by atoms with Crippen molar-refractivity contribution in [1.82, 2.24) is 20.3 Å². The average molecular weight is 385 g/mol. The van der Waals surface area contributed by atoms with Crippen LogP contribution in [0, 0.1) is 0 Å². The molecule has 27 heavy (non-hydrogen) atoms. The van der Waals surface area contributed by atoms with Crippen molar-refractivity contribution >= 4 is 29.3 Å². The number of fused-ring (bicyclic) bond motifs is 1. The lowest BCUT2D eigenvalue weighted by Crippen LogP contribution is -2.28. The molecule has 0 aliphatic heterocycles. The van der Waals surface area contributed by atoms with Gasteiger partial charge in [0.2, 0.25) is 0 Å². The Balaban J connectivity index is 1.95. The van der Waals surface area contributed by atoms with E-state index in [0.717, 1.165) is 18.4 Å². The first-order valence-electron chi connectivity index (χ1n) is 8.74. The Labute approximate surface area is 162 Å². The molecular formula is C19H23N5O2S. The number of nitrogens with one attached hydrogen (secondary N) is 2. The molecule has 1 amide bonds. The summed E-state index contributed by atoms with van der Waals surface area (Å²) in [4.78, 5) is 25.6. The molecule has 1 aliphatic carbocycles. The number of aromatic nitrogens is 3. The first-order chi connectivity index (χ1) is 12.9. The van der Waals surface area contributed by atoms with Crippen LogP contribution in [-0.4, -0.2) is 38.8 Å². The lowest BCUT2D eigenvalue weighted by atomic mass is 9.84. The van der Waals surface area contributed by atoms with Crippen LogP contribution in [0.4, 0.5) is 11.6 Å². The van der Waals surface area contributed by atoms with Gasteiger partial charge in [0, 0.05) is 12.7 Å². The molecule has 1 aliphatic rings. The van der Waals surface area contributed by atoms with E-state index in [-0.39, 0.29) is 5.91 Å². The molecule has 3 rings (SSSR count). The van der Waals surface area contributed by atoms with Gasteiger partial charge in [-0.05, 0) is 44.1 Å². The molecule has 142 valence electrons. The number of pyridine rings is 1. The molecule has 2 aromatic rings. The number of thioether (sulfide) groups is 1. The molecule has 1 unspecified atom stereocenters. The van der Waals surface area contributed by atoms with Gasteiger partial charge in [-0.1, -0.05) is 23.9 Å². The molecule has 7 nitrogen and oxygen atoms in total. The van der Waals surface area contributed by atoms with Crippen molar-refractivity contribution < 1.29 is 9.90 Å². The Morgan fingerprint density at radius 1 is 1.44 bits per heavy atom. The van der Waals surface area contributed by atoms with Crippen LogP contribution in [0.2, 0.25) is 0 Å². The van der Waals surface area contributed by atoms with Gasteiger partial charge in [-0.3, -0.25) is 4.79 Å². The van der Waals surface area contributed by atoms with Crippen LogP contribution in [0.5, 0.6) is 0 Å². The predicted octanol–water partition coefficient (Wildman–Crippen LogP) is 2.80. The van der Waals surface area contributed by atoms with E-state index in [9.17, 15) is 9.90 Å². The third-order valence-corrected chi connectivity index (χ3v) is 5.01. The van der Waals surface area contributed by atoms with Gasteiger partial charge >= 0.3 is 0 Å². The van der Waals surface area contributed by atoms with Gasteiger partial charge in [-0.2, -0.15) is 0 Å². The summed E-state index contributed by atoms with van der Waals surface area (Å²) < 4.78 is 0. The fraction of sp³-hybridized carbons (Fsp3) is 0.368. The van der Waals surface area contributed by atoms with Crippen molar-refractivity contribution in [3.05, 3.63) is 47.8 Å². The van der Waals surface area contributed by atoms with Gasteiger partial charge in [0.25, 0.3) is 5.91 Å². The molecule has 3 N–H and O–H groups in total. The van der Waals surface area contributed by atoms with Crippen molar-refractivity contribution in [2.24, 2.45) is 0 Å². The second-order valence-corrected chi connectivity index (χ2v) is 7.35. The zero-order valence-electron chi connectivity index (χ0n) is 15.5. The Hall–Kier alpha value is -2.45. The highest BCUT2D eigenvalue weighted by atomic mass is 32.2. The molecular weight excluding hydrogens is 362 g/mol. The second-order valence-electron chi connectivity index (χ2n) is 6.57. The molecule has 0 fully saturated rings. The molecule has 0 aromatic carbocycles. The van der Waals surface area contributed by atoms with Gasteiger partial charge in [-0.25, -0.2) is 15.0 Å².